The molecule has 0 aliphatic carbocycles. The van der Waals surface area contributed by atoms with Crippen molar-refractivity contribution in [1.29, 1.82) is 0 Å². The summed E-state index contributed by atoms with van der Waals surface area (Å²) in [5.41, 5.74) is 1.87. The molecule has 16 heavy (non-hydrogen) atoms. The van der Waals surface area contributed by atoms with Crippen molar-refractivity contribution in [1.82, 2.24) is 0 Å². The highest BCUT2D eigenvalue weighted by Gasteiger charge is 2.18. The first kappa shape index (κ1) is 12.5. The van der Waals surface area contributed by atoms with Crippen LogP contribution in [0, 0.1) is 0 Å². The highest BCUT2D eigenvalue weighted by atomic mass is 16.3. The Hall–Kier alpha value is -1.60. The fraction of sp³-hybridized carbons (Fsp3) is 0.462. The van der Waals surface area contributed by atoms with Crippen molar-refractivity contribution in [3.63, 3.8) is 0 Å². The largest absolute Gasteiger partial charge is 0.508 e. The molecule has 1 aromatic rings. The predicted octanol–water partition coefficient (Wildman–Crippen LogP) is 2.92. The van der Waals surface area contributed by atoms with E-state index in [1.165, 1.54) is 6.08 Å². The Kier molecular flexibility index (Phi) is 3.86. The second kappa shape index (κ2) is 4.95. The summed E-state index contributed by atoms with van der Waals surface area (Å²) in [4.78, 5) is 13.5. The van der Waals surface area contributed by atoms with Crippen molar-refractivity contribution in [2.75, 3.05) is 0 Å². The van der Waals surface area contributed by atoms with Crippen LogP contribution in [0.1, 0.15) is 38.3 Å². The van der Waals surface area contributed by atoms with Crippen LogP contribution in [0.3, 0.4) is 0 Å². The molecule has 0 fully saturated rings. The van der Waals surface area contributed by atoms with E-state index >= 15 is 0 Å². The Morgan fingerprint density at radius 2 is 2.12 bits per heavy atom. The number of carbonyl (C=O) groups excluding carboxylic acids is 1. The van der Waals surface area contributed by atoms with Gasteiger partial charge in [0.2, 0.25) is 6.08 Å². The Balaban J connectivity index is 3.11. The van der Waals surface area contributed by atoms with Crippen LogP contribution in [0.4, 0.5) is 0 Å². The van der Waals surface area contributed by atoms with E-state index in [1.54, 1.807) is 6.07 Å². The molecule has 1 rings (SSSR count). The van der Waals surface area contributed by atoms with Crippen LogP contribution in [0.5, 0.6) is 5.75 Å². The smallest absolute Gasteiger partial charge is 0.235 e. The molecule has 86 valence electrons. The maximum absolute atomic E-state index is 10.1. The van der Waals surface area contributed by atoms with Gasteiger partial charge in [0.1, 0.15) is 5.75 Å². The van der Waals surface area contributed by atoms with Gasteiger partial charge in [-0.05, 0) is 29.5 Å². The molecule has 0 saturated heterocycles. The Labute approximate surface area is 95.8 Å². The van der Waals surface area contributed by atoms with Gasteiger partial charge in [-0.15, -0.1) is 0 Å². The molecule has 0 aliphatic heterocycles. The van der Waals surface area contributed by atoms with Crippen LogP contribution in [0.25, 0.3) is 0 Å². The molecule has 0 unspecified atom stereocenters. The average molecular weight is 219 g/mol. The molecular weight excluding hydrogens is 202 g/mol. The summed E-state index contributed by atoms with van der Waals surface area (Å²) in [5, 5.41) is 9.61. The van der Waals surface area contributed by atoms with Crippen molar-refractivity contribution in [2.45, 2.75) is 39.2 Å². The molecule has 0 atom stereocenters. The van der Waals surface area contributed by atoms with E-state index in [0.29, 0.717) is 5.56 Å². The molecule has 0 radical (unpaired) electrons. The molecule has 0 saturated carbocycles. The number of benzene rings is 1. The lowest BCUT2D eigenvalue weighted by atomic mass is 9.81. The lowest BCUT2D eigenvalue weighted by Gasteiger charge is -2.24. The van der Waals surface area contributed by atoms with E-state index in [9.17, 15) is 9.90 Å². The third-order valence-electron chi connectivity index (χ3n) is 3.06. The summed E-state index contributed by atoms with van der Waals surface area (Å²) in [6, 6.07) is 5.47. The van der Waals surface area contributed by atoms with E-state index in [0.717, 1.165) is 12.0 Å². The maximum atomic E-state index is 10.1. The van der Waals surface area contributed by atoms with Gasteiger partial charge >= 0.3 is 0 Å². The number of isocyanates is 1. The Morgan fingerprint density at radius 3 is 2.69 bits per heavy atom. The fourth-order valence-corrected chi connectivity index (χ4v) is 1.45. The molecule has 1 aromatic carbocycles. The van der Waals surface area contributed by atoms with Gasteiger partial charge in [0.15, 0.2) is 0 Å². The number of rotatable bonds is 4. The van der Waals surface area contributed by atoms with Gasteiger partial charge in [0.25, 0.3) is 0 Å². The number of phenolic OH excluding ortho intramolecular Hbond substituents is 1. The van der Waals surface area contributed by atoms with Gasteiger partial charge in [0, 0.05) is 5.56 Å². The lowest BCUT2D eigenvalue weighted by molar-refractivity contribution is 0.464. The second-order valence-corrected chi connectivity index (χ2v) is 4.49. The minimum atomic E-state index is 0.0628. The Bertz CT molecular complexity index is 418. The van der Waals surface area contributed by atoms with Crippen LogP contribution in [0.15, 0.2) is 23.2 Å². The van der Waals surface area contributed by atoms with Crippen molar-refractivity contribution < 1.29 is 9.90 Å². The van der Waals surface area contributed by atoms with Crippen LogP contribution in [-0.2, 0) is 16.8 Å². The van der Waals surface area contributed by atoms with Gasteiger partial charge < -0.3 is 5.11 Å². The molecule has 0 aliphatic rings. The summed E-state index contributed by atoms with van der Waals surface area (Å²) < 4.78 is 0. The summed E-state index contributed by atoms with van der Waals surface area (Å²) in [7, 11) is 0. The predicted molar refractivity (Wildman–Crippen MR) is 63.2 cm³/mol. The molecular formula is C13H17NO2. The molecule has 0 amide bonds. The molecule has 0 bridgehead atoms. The number of hydrogen-bond acceptors (Lipinski definition) is 3. The topological polar surface area (TPSA) is 49.7 Å². The molecule has 3 nitrogen and oxygen atoms in total. The van der Waals surface area contributed by atoms with Crippen LogP contribution >= 0.6 is 0 Å². The Morgan fingerprint density at radius 1 is 1.44 bits per heavy atom. The summed E-state index contributed by atoms with van der Waals surface area (Å²) in [6.07, 6.45) is 2.49. The average Bonchev–Trinajstić information content (AvgIpc) is 2.27. The first-order valence-electron chi connectivity index (χ1n) is 5.37. The van der Waals surface area contributed by atoms with E-state index in [4.69, 9.17) is 0 Å². The lowest BCUT2D eigenvalue weighted by Crippen LogP contribution is -2.15. The SMILES string of the molecule is CCC(C)(C)c1ccc(O)c(CN=C=O)c1. The first-order valence-corrected chi connectivity index (χ1v) is 5.37. The molecule has 1 N–H and O–H groups in total. The van der Waals surface area contributed by atoms with E-state index < -0.39 is 0 Å². The summed E-state index contributed by atoms with van der Waals surface area (Å²) in [6.45, 7) is 6.59. The van der Waals surface area contributed by atoms with Crippen molar-refractivity contribution in [3.05, 3.63) is 29.3 Å². The molecule has 0 heterocycles. The van der Waals surface area contributed by atoms with Gasteiger partial charge in [-0.25, -0.2) is 9.79 Å². The minimum absolute atomic E-state index is 0.0628. The number of nitrogens with zero attached hydrogens (tertiary/aromatic N) is 1. The van der Waals surface area contributed by atoms with Gasteiger partial charge in [-0.3, -0.25) is 0 Å². The standard InChI is InChI=1S/C13H17NO2/c1-4-13(2,3)11-5-6-12(16)10(7-11)8-14-9-15/h5-7,16H,4,8H2,1-3H3. The van der Waals surface area contributed by atoms with Gasteiger partial charge in [-0.1, -0.05) is 26.8 Å². The number of aromatic hydroxyl groups is 1. The monoisotopic (exact) mass is 219 g/mol. The van der Waals surface area contributed by atoms with Gasteiger partial charge in [-0.2, -0.15) is 0 Å². The maximum Gasteiger partial charge on any atom is 0.235 e. The number of aliphatic imine (C=N–C) groups is 1. The zero-order valence-corrected chi connectivity index (χ0v) is 9.95. The van der Waals surface area contributed by atoms with Crippen molar-refractivity contribution in [3.8, 4) is 5.75 Å². The summed E-state index contributed by atoms with van der Waals surface area (Å²) >= 11 is 0. The zero-order valence-electron chi connectivity index (χ0n) is 9.95. The van der Waals surface area contributed by atoms with E-state index in [-0.39, 0.29) is 17.7 Å². The van der Waals surface area contributed by atoms with Crippen LogP contribution < -0.4 is 0 Å². The van der Waals surface area contributed by atoms with E-state index in [2.05, 4.69) is 25.8 Å². The molecule has 0 aromatic heterocycles. The third-order valence-corrected chi connectivity index (χ3v) is 3.06. The molecule has 0 spiro atoms. The molecule has 3 heteroatoms. The fourth-order valence-electron chi connectivity index (χ4n) is 1.45. The summed E-state index contributed by atoms with van der Waals surface area (Å²) in [5.74, 6) is 0.176. The van der Waals surface area contributed by atoms with Crippen molar-refractivity contribution >= 4 is 6.08 Å². The highest BCUT2D eigenvalue weighted by molar-refractivity contribution is 5.40. The van der Waals surface area contributed by atoms with Crippen molar-refractivity contribution in [2.24, 2.45) is 4.99 Å². The normalized spacial score (nSPS) is 10.9. The number of phenols is 1. The highest BCUT2D eigenvalue weighted by Crippen LogP contribution is 2.30. The first-order chi connectivity index (χ1) is 7.51. The van der Waals surface area contributed by atoms with E-state index in [1.807, 2.05) is 12.1 Å². The quantitative estimate of drug-likeness (QED) is 0.625. The van der Waals surface area contributed by atoms with Crippen LogP contribution in [0.2, 0.25) is 0 Å². The zero-order chi connectivity index (χ0) is 12.2. The number of hydrogen-bond donors (Lipinski definition) is 1. The second-order valence-electron chi connectivity index (χ2n) is 4.49. The third kappa shape index (κ3) is 2.71. The minimum Gasteiger partial charge on any atom is -0.508 e. The van der Waals surface area contributed by atoms with Crippen LogP contribution in [-0.4, -0.2) is 11.2 Å². The van der Waals surface area contributed by atoms with Gasteiger partial charge in [0.05, 0.1) is 6.54 Å².